The molecule has 7 nitrogen and oxygen atoms in total. The number of nitrogens with one attached hydrogen (secondary N) is 3. The van der Waals surface area contributed by atoms with E-state index in [1.807, 2.05) is 6.07 Å². The quantitative estimate of drug-likeness (QED) is 0.637. The zero-order valence-electron chi connectivity index (χ0n) is 15.3. The average molecular weight is 392 g/mol. The van der Waals surface area contributed by atoms with E-state index in [-0.39, 0.29) is 37.2 Å². The molecule has 150 valence electrons. The zero-order valence-corrected chi connectivity index (χ0v) is 15.3. The van der Waals surface area contributed by atoms with Crippen LogP contribution < -0.4 is 16.0 Å². The topological polar surface area (TPSA) is 90.5 Å². The molecule has 3 heterocycles. The lowest BCUT2D eigenvalue weighted by atomic mass is 10.0. The summed E-state index contributed by atoms with van der Waals surface area (Å²) < 4.78 is 26.5. The predicted molar refractivity (Wildman–Crippen MR) is 95.5 cm³/mol. The predicted octanol–water partition coefficient (Wildman–Crippen LogP) is 0.534. The molecule has 2 fully saturated rings. The maximum Gasteiger partial charge on any atom is 0.261 e. The number of nitrogens with zero attached hydrogens (tertiary/aromatic N) is 1. The van der Waals surface area contributed by atoms with Crippen molar-refractivity contribution in [1.82, 2.24) is 20.9 Å². The number of amides is 3. The second kappa shape index (κ2) is 7.21. The van der Waals surface area contributed by atoms with Crippen molar-refractivity contribution < 1.29 is 23.2 Å². The van der Waals surface area contributed by atoms with Crippen LogP contribution in [-0.4, -0.2) is 53.7 Å². The number of alkyl halides is 2. The molecule has 0 bridgehead atoms. The van der Waals surface area contributed by atoms with Gasteiger partial charge in [-0.25, -0.2) is 8.78 Å². The van der Waals surface area contributed by atoms with E-state index in [1.165, 1.54) is 4.90 Å². The smallest absolute Gasteiger partial charge is 0.261 e. The lowest BCUT2D eigenvalue weighted by Gasteiger charge is -2.29. The molecule has 3 amide bonds. The number of hydrogen-bond donors (Lipinski definition) is 3. The fourth-order valence-corrected chi connectivity index (χ4v) is 4.14. The van der Waals surface area contributed by atoms with E-state index in [0.717, 1.165) is 11.1 Å². The van der Waals surface area contributed by atoms with Crippen molar-refractivity contribution in [3.05, 3.63) is 34.9 Å². The molecule has 2 unspecified atom stereocenters. The Morgan fingerprint density at radius 2 is 2.07 bits per heavy atom. The summed E-state index contributed by atoms with van der Waals surface area (Å²) in [5, 5.41) is 8.28. The van der Waals surface area contributed by atoms with Crippen LogP contribution in [0.4, 0.5) is 8.78 Å². The lowest BCUT2D eigenvalue weighted by Crippen LogP contribution is -2.52. The van der Waals surface area contributed by atoms with Crippen LogP contribution in [0.1, 0.15) is 40.7 Å². The Morgan fingerprint density at radius 1 is 1.25 bits per heavy atom. The maximum absolute atomic E-state index is 13.3. The van der Waals surface area contributed by atoms with Gasteiger partial charge in [0.2, 0.25) is 11.8 Å². The van der Waals surface area contributed by atoms with E-state index >= 15 is 0 Å². The second-order valence-corrected chi connectivity index (χ2v) is 7.61. The van der Waals surface area contributed by atoms with Crippen molar-refractivity contribution in [3.63, 3.8) is 0 Å². The summed E-state index contributed by atoms with van der Waals surface area (Å²) in [6, 6.07) is 4.47. The van der Waals surface area contributed by atoms with Crippen LogP contribution in [0.25, 0.3) is 0 Å². The van der Waals surface area contributed by atoms with E-state index in [4.69, 9.17) is 0 Å². The molecule has 9 heteroatoms. The summed E-state index contributed by atoms with van der Waals surface area (Å²) in [6.45, 7) is 0.862. The van der Waals surface area contributed by atoms with Crippen LogP contribution in [0.15, 0.2) is 18.2 Å². The number of imide groups is 1. The van der Waals surface area contributed by atoms with E-state index in [0.29, 0.717) is 31.6 Å². The second-order valence-electron chi connectivity index (χ2n) is 7.61. The molecule has 3 N–H and O–H groups in total. The minimum Gasteiger partial charge on any atom is -0.322 e. The highest BCUT2D eigenvalue weighted by molar-refractivity contribution is 6.05. The summed E-state index contributed by atoms with van der Waals surface area (Å²) >= 11 is 0. The number of hydrogen-bond acceptors (Lipinski definition) is 5. The Morgan fingerprint density at radius 3 is 2.79 bits per heavy atom. The van der Waals surface area contributed by atoms with Gasteiger partial charge in [-0.3, -0.25) is 19.7 Å². The van der Waals surface area contributed by atoms with Gasteiger partial charge in [0.05, 0.1) is 6.54 Å². The number of fused-ring (bicyclic) bond motifs is 1. The fraction of sp³-hybridized carbons (Fsp3) is 0.526. The van der Waals surface area contributed by atoms with Gasteiger partial charge in [-0.15, -0.1) is 0 Å². The van der Waals surface area contributed by atoms with Gasteiger partial charge in [-0.1, -0.05) is 12.1 Å². The van der Waals surface area contributed by atoms with E-state index in [9.17, 15) is 23.2 Å². The standard InChI is InChI=1S/C19H22F2N4O3/c20-19(21)6-12(23-10-19)8-22-7-11-2-1-3-13-14(11)9-25(18(13)28)15-4-5-16(26)24-17(15)27/h1-3,12,15,22-23H,4-10H2,(H,24,26,27). The highest BCUT2D eigenvalue weighted by Crippen LogP contribution is 2.30. The number of rotatable bonds is 5. The molecule has 0 aromatic heterocycles. The van der Waals surface area contributed by atoms with Gasteiger partial charge < -0.3 is 15.5 Å². The molecule has 28 heavy (non-hydrogen) atoms. The van der Waals surface area contributed by atoms with E-state index < -0.39 is 17.9 Å². The molecule has 0 spiro atoms. The van der Waals surface area contributed by atoms with Crippen molar-refractivity contribution in [2.24, 2.45) is 0 Å². The molecule has 1 aromatic carbocycles. The van der Waals surface area contributed by atoms with Crippen molar-refractivity contribution in [2.45, 2.75) is 50.4 Å². The van der Waals surface area contributed by atoms with Crippen molar-refractivity contribution in [2.75, 3.05) is 13.1 Å². The summed E-state index contributed by atoms with van der Waals surface area (Å²) in [4.78, 5) is 37.8. The molecule has 1 aromatic rings. The van der Waals surface area contributed by atoms with E-state index in [1.54, 1.807) is 12.1 Å². The number of carbonyl (C=O) groups is 3. The third-order valence-electron chi connectivity index (χ3n) is 5.58. The Labute approximate surface area is 160 Å². The monoisotopic (exact) mass is 392 g/mol. The SMILES string of the molecule is O=C1CCC(N2Cc3c(CNCC4CC(F)(F)CN4)cccc3C2=O)C(=O)N1. The van der Waals surface area contributed by atoms with Crippen LogP contribution in [0.3, 0.4) is 0 Å². The average Bonchev–Trinajstić information content (AvgIpc) is 3.15. The molecular weight excluding hydrogens is 370 g/mol. The number of piperidine rings is 1. The highest BCUT2D eigenvalue weighted by Gasteiger charge is 2.40. The van der Waals surface area contributed by atoms with Crippen molar-refractivity contribution >= 4 is 17.7 Å². The first-order valence-electron chi connectivity index (χ1n) is 9.41. The number of carbonyl (C=O) groups excluding carboxylic acids is 3. The molecule has 3 aliphatic rings. The molecule has 0 radical (unpaired) electrons. The Hall–Kier alpha value is -2.39. The van der Waals surface area contributed by atoms with Crippen LogP contribution in [0, 0.1) is 0 Å². The zero-order chi connectivity index (χ0) is 19.9. The van der Waals surface area contributed by atoms with E-state index in [2.05, 4.69) is 16.0 Å². The summed E-state index contributed by atoms with van der Waals surface area (Å²) in [7, 11) is 0. The fourth-order valence-electron chi connectivity index (χ4n) is 4.14. The first-order chi connectivity index (χ1) is 13.3. The summed E-state index contributed by atoms with van der Waals surface area (Å²) in [5.74, 6) is -3.63. The number of halogens is 2. The van der Waals surface area contributed by atoms with Crippen molar-refractivity contribution in [1.29, 1.82) is 0 Å². The van der Waals surface area contributed by atoms with Gasteiger partial charge in [0.15, 0.2) is 0 Å². The lowest BCUT2D eigenvalue weighted by molar-refractivity contribution is -0.136. The normalized spacial score (nSPS) is 26.5. The molecule has 2 atom stereocenters. The largest absolute Gasteiger partial charge is 0.322 e. The molecule has 0 saturated carbocycles. The van der Waals surface area contributed by atoms with Crippen LogP contribution in [0.5, 0.6) is 0 Å². The van der Waals surface area contributed by atoms with Crippen LogP contribution >= 0.6 is 0 Å². The van der Waals surface area contributed by atoms with Crippen molar-refractivity contribution in [3.8, 4) is 0 Å². The Bertz CT molecular complexity index is 829. The van der Waals surface area contributed by atoms with Gasteiger partial charge in [0.1, 0.15) is 6.04 Å². The molecular formula is C19H22F2N4O3. The first-order valence-corrected chi connectivity index (χ1v) is 9.41. The maximum atomic E-state index is 13.3. The minimum atomic E-state index is -2.66. The van der Waals surface area contributed by atoms with Gasteiger partial charge >= 0.3 is 0 Å². The van der Waals surface area contributed by atoms with Crippen LogP contribution in [0.2, 0.25) is 0 Å². The Balaban J connectivity index is 1.41. The molecule has 2 saturated heterocycles. The summed E-state index contributed by atoms with van der Waals surface area (Å²) in [5.41, 5.74) is 2.30. The summed E-state index contributed by atoms with van der Waals surface area (Å²) in [6.07, 6.45) is 0.345. The molecule has 4 rings (SSSR count). The third kappa shape index (κ3) is 3.64. The minimum absolute atomic E-state index is 0.186. The highest BCUT2D eigenvalue weighted by atomic mass is 19.3. The third-order valence-corrected chi connectivity index (χ3v) is 5.58. The molecule has 3 aliphatic heterocycles. The van der Waals surface area contributed by atoms with Gasteiger partial charge in [-0.05, 0) is 23.6 Å². The first kappa shape index (κ1) is 18.9. The Kier molecular flexibility index (Phi) is 4.88. The van der Waals surface area contributed by atoms with Crippen LogP contribution in [-0.2, 0) is 22.7 Å². The molecule has 0 aliphatic carbocycles. The number of benzene rings is 1. The van der Waals surface area contributed by atoms with Gasteiger partial charge in [-0.2, -0.15) is 0 Å². The van der Waals surface area contributed by atoms with Gasteiger partial charge in [0.25, 0.3) is 11.8 Å². The van der Waals surface area contributed by atoms with Gasteiger partial charge in [0, 0.05) is 44.1 Å².